The van der Waals surface area contributed by atoms with Crippen molar-refractivity contribution < 1.29 is 47.2 Å². The lowest BCUT2D eigenvalue weighted by atomic mass is 9.96. The summed E-state index contributed by atoms with van der Waals surface area (Å²) < 4.78 is 41.6. The van der Waals surface area contributed by atoms with Crippen molar-refractivity contribution in [1.82, 2.24) is 10.8 Å². The van der Waals surface area contributed by atoms with Gasteiger partial charge >= 0.3 is 19.8 Å². The Labute approximate surface area is 392 Å². The first-order valence-electron chi connectivity index (χ1n) is 26.8. The van der Waals surface area contributed by atoms with Crippen molar-refractivity contribution in [2.24, 2.45) is 0 Å². The summed E-state index contributed by atoms with van der Waals surface area (Å²) in [7, 11) is -4.28. The molecule has 0 aromatic heterocycles. The zero-order valence-electron chi connectivity index (χ0n) is 42.1. The highest BCUT2D eigenvalue weighted by atomic mass is 31.2. The number of phosphoric acid groups is 1. The Morgan fingerprint density at radius 2 is 0.891 bits per heavy atom. The van der Waals surface area contributed by atoms with Gasteiger partial charge in [-0.05, 0) is 32.1 Å². The maximum atomic E-state index is 13.7. The molecule has 2 atom stereocenters. The van der Waals surface area contributed by atoms with Crippen molar-refractivity contribution in [3.63, 3.8) is 0 Å². The van der Waals surface area contributed by atoms with Crippen molar-refractivity contribution >= 4 is 25.7 Å². The molecule has 13 heteroatoms. The average Bonchev–Trinajstić information content (AvgIpc) is 3.29. The summed E-state index contributed by atoms with van der Waals surface area (Å²) in [5, 5.41) is 13.1. The number of hydrogen-bond donors (Lipinski definition) is 3. The summed E-state index contributed by atoms with van der Waals surface area (Å²) in [5.74, 6) is -1.38. The van der Waals surface area contributed by atoms with Crippen LogP contribution in [0.25, 0.3) is 0 Å². The lowest BCUT2D eigenvalue weighted by Gasteiger charge is -2.24. The van der Waals surface area contributed by atoms with Gasteiger partial charge in [0.2, 0.25) is 0 Å². The van der Waals surface area contributed by atoms with Crippen LogP contribution in [0.15, 0.2) is 0 Å². The minimum absolute atomic E-state index is 0.0542. The van der Waals surface area contributed by atoms with Crippen molar-refractivity contribution in [3.05, 3.63) is 0 Å². The molecule has 3 N–H and O–H groups in total. The summed E-state index contributed by atoms with van der Waals surface area (Å²) in [6, 6.07) is 0. The molecule has 0 aliphatic heterocycles. The molecular formula is C51H101N2O10P. The van der Waals surface area contributed by atoms with Crippen LogP contribution in [0, 0.1) is 0 Å². The second-order valence-electron chi connectivity index (χ2n) is 18.1. The van der Waals surface area contributed by atoms with E-state index in [0.29, 0.717) is 13.0 Å². The van der Waals surface area contributed by atoms with E-state index in [1.165, 1.54) is 148 Å². The number of hydrogen-bond acceptors (Lipinski definition) is 11. The molecule has 1 amide bonds. The molecule has 2 unspecified atom stereocenters. The molecule has 0 saturated heterocycles. The van der Waals surface area contributed by atoms with Crippen LogP contribution in [0.4, 0.5) is 0 Å². The number of phosphoric ester groups is 1. The SMILES string of the molecule is CCCCCCCCCCCCCCCCCC(=O)OCC(COP(=O)(OCCNC(=O)C(O)(CC)CC)ONCCCC)OC(=O)CCCCCCCCCCCCCCCCC. The first-order valence-corrected chi connectivity index (χ1v) is 28.2. The van der Waals surface area contributed by atoms with E-state index in [-0.39, 0.29) is 51.4 Å². The summed E-state index contributed by atoms with van der Waals surface area (Å²) in [6.07, 6.45) is 38.5. The second kappa shape index (κ2) is 45.2. The molecule has 0 radical (unpaired) electrons. The minimum atomic E-state index is -4.28. The molecule has 0 rings (SSSR count). The number of esters is 2. The van der Waals surface area contributed by atoms with E-state index in [4.69, 9.17) is 23.1 Å². The summed E-state index contributed by atoms with van der Waals surface area (Å²) in [4.78, 5) is 38.3. The van der Waals surface area contributed by atoms with E-state index >= 15 is 0 Å². The van der Waals surface area contributed by atoms with E-state index in [1.54, 1.807) is 13.8 Å². The van der Waals surface area contributed by atoms with Gasteiger partial charge in [0, 0.05) is 25.9 Å². The van der Waals surface area contributed by atoms with Crippen LogP contribution in [0.2, 0.25) is 0 Å². The van der Waals surface area contributed by atoms with Crippen molar-refractivity contribution in [2.45, 2.75) is 277 Å². The second-order valence-corrected chi connectivity index (χ2v) is 19.7. The fraction of sp³-hybridized carbons (Fsp3) is 0.941. The number of aliphatic hydroxyl groups is 1. The smallest absolute Gasteiger partial charge is 0.462 e. The number of unbranched alkanes of at least 4 members (excludes halogenated alkanes) is 29. The molecule has 12 nitrogen and oxygen atoms in total. The van der Waals surface area contributed by atoms with Gasteiger partial charge in [-0.1, -0.05) is 221 Å². The van der Waals surface area contributed by atoms with Crippen molar-refractivity contribution in [3.8, 4) is 0 Å². The number of nitrogens with one attached hydrogen (secondary N) is 2. The van der Waals surface area contributed by atoms with Crippen LogP contribution in [0.5, 0.6) is 0 Å². The minimum Gasteiger partial charge on any atom is -0.462 e. The fourth-order valence-electron chi connectivity index (χ4n) is 7.60. The molecular weight excluding hydrogens is 832 g/mol. The molecule has 0 aliphatic rings. The van der Waals surface area contributed by atoms with Gasteiger partial charge in [0.05, 0.1) is 13.2 Å². The zero-order chi connectivity index (χ0) is 47.3. The molecule has 0 saturated carbocycles. The van der Waals surface area contributed by atoms with Gasteiger partial charge in [0.1, 0.15) is 12.2 Å². The van der Waals surface area contributed by atoms with Crippen molar-refractivity contribution in [1.29, 1.82) is 0 Å². The third-order valence-electron chi connectivity index (χ3n) is 12.2. The molecule has 0 aromatic rings. The van der Waals surface area contributed by atoms with Crippen molar-refractivity contribution in [2.75, 3.05) is 32.9 Å². The van der Waals surface area contributed by atoms with E-state index in [9.17, 15) is 24.1 Å². The first kappa shape index (κ1) is 62.4. The van der Waals surface area contributed by atoms with E-state index in [0.717, 1.165) is 51.4 Å². The quantitative estimate of drug-likeness (QED) is 0.0231. The molecule has 0 spiro atoms. The van der Waals surface area contributed by atoms with Gasteiger partial charge in [0.25, 0.3) is 5.91 Å². The maximum absolute atomic E-state index is 13.7. The van der Waals surface area contributed by atoms with Gasteiger partial charge in [0.15, 0.2) is 6.10 Å². The number of rotatable bonds is 50. The first-order chi connectivity index (χ1) is 31.1. The maximum Gasteiger partial charge on any atom is 0.491 e. The third kappa shape index (κ3) is 38.5. The topological polar surface area (TPSA) is 159 Å². The largest absolute Gasteiger partial charge is 0.491 e. The number of hydroxylamine groups is 1. The Morgan fingerprint density at radius 3 is 1.30 bits per heavy atom. The van der Waals surface area contributed by atoms with E-state index in [1.807, 2.05) is 6.92 Å². The number of ether oxygens (including phenoxy) is 2. The van der Waals surface area contributed by atoms with Crippen LogP contribution < -0.4 is 10.8 Å². The molecule has 64 heavy (non-hydrogen) atoms. The van der Waals surface area contributed by atoms with Gasteiger partial charge in [-0.15, -0.1) is 0 Å². The summed E-state index contributed by atoms with van der Waals surface area (Å²) in [5.41, 5.74) is 1.12. The fourth-order valence-corrected chi connectivity index (χ4v) is 8.69. The molecule has 0 aliphatic carbocycles. The molecule has 380 valence electrons. The van der Waals surface area contributed by atoms with E-state index in [2.05, 4.69) is 24.6 Å². The molecule has 0 aromatic carbocycles. The van der Waals surface area contributed by atoms with Crippen LogP contribution in [-0.2, 0) is 42.1 Å². The summed E-state index contributed by atoms with van der Waals surface area (Å²) in [6.45, 7) is 9.40. The van der Waals surface area contributed by atoms with Gasteiger partial charge in [-0.3, -0.25) is 23.4 Å². The molecule has 0 bridgehead atoms. The third-order valence-corrected chi connectivity index (χ3v) is 13.5. The zero-order valence-corrected chi connectivity index (χ0v) is 43.0. The molecule has 0 heterocycles. The monoisotopic (exact) mass is 933 g/mol. The van der Waals surface area contributed by atoms with E-state index < -0.39 is 38.0 Å². The Balaban J connectivity index is 4.93. The Kier molecular flexibility index (Phi) is 44.1. The van der Waals surface area contributed by atoms with Gasteiger partial charge < -0.3 is 19.9 Å². The Hall–Kier alpha value is -1.56. The lowest BCUT2D eigenvalue weighted by molar-refractivity contribution is -0.161. The number of carbonyl (C=O) groups excluding carboxylic acids is 3. The Bertz CT molecular complexity index is 1130. The standard InChI is InChI=1S/C51H101N2O10P/c1-6-11-14-16-18-20-22-24-26-28-30-32-34-36-38-40-48(54)59-45-47(62-49(55)41-39-37-35-33-31-29-27-25-23-21-19-17-15-12-7-2)46-61-64(58,63-53-42-13-8-3)60-44-43-52-50(56)51(57,9-4)10-5/h47,53,57H,6-46H2,1-5H3,(H,52,56). The van der Waals surface area contributed by atoms with Crippen LogP contribution in [0.3, 0.4) is 0 Å². The molecule has 0 fully saturated rings. The number of carbonyl (C=O) groups is 3. The van der Waals surface area contributed by atoms with Crippen LogP contribution in [0.1, 0.15) is 266 Å². The number of amides is 1. The van der Waals surface area contributed by atoms with Crippen LogP contribution >= 0.6 is 7.82 Å². The normalized spacial score (nSPS) is 13.2. The summed E-state index contributed by atoms with van der Waals surface area (Å²) >= 11 is 0. The Morgan fingerprint density at radius 1 is 0.500 bits per heavy atom. The van der Waals surface area contributed by atoms with Gasteiger partial charge in [-0.2, -0.15) is 10.1 Å². The predicted octanol–water partition coefficient (Wildman–Crippen LogP) is 14.1. The van der Waals surface area contributed by atoms with Gasteiger partial charge in [-0.25, -0.2) is 4.57 Å². The average molecular weight is 933 g/mol. The highest BCUT2D eigenvalue weighted by Gasteiger charge is 2.33. The highest BCUT2D eigenvalue weighted by Crippen LogP contribution is 2.48. The predicted molar refractivity (Wildman–Crippen MR) is 262 cm³/mol. The van der Waals surface area contributed by atoms with Crippen LogP contribution in [-0.4, -0.2) is 67.6 Å². The highest BCUT2D eigenvalue weighted by molar-refractivity contribution is 7.48. The lowest BCUT2D eigenvalue weighted by Crippen LogP contribution is -2.46.